The molecule has 0 aliphatic heterocycles. The van der Waals surface area contributed by atoms with Crippen LogP contribution in [-0.2, 0) is 6.42 Å². The van der Waals surface area contributed by atoms with Crippen molar-refractivity contribution in [2.24, 2.45) is 5.92 Å². The summed E-state index contributed by atoms with van der Waals surface area (Å²) in [5.41, 5.74) is 3.88. The van der Waals surface area contributed by atoms with Crippen LogP contribution in [0.4, 0.5) is 0 Å². The molecule has 0 saturated heterocycles. The van der Waals surface area contributed by atoms with E-state index in [1.165, 1.54) is 16.7 Å². The Morgan fingerprint density at radius 3 is 2.45 bits per heavy atom. The summed E-state index contributed by atoms with van der Waals surface area (Å²) in [7, 11) is 1.74. The molecule has 2 heteroatoms. The smallest absolute Gasteiger partial charge is 0.122 e. The van der Waals surface area contributed by atoms with Crippen molar-refractivity contribution in [1.82, 2.24) is 0 Å². The number of hydrogen-bond acceptors (Lipinski definition) is 1. The SMILES string of the molecule is COc1ccc(C)cc1CC(C)C(Br)c1ccccc1. The highest BCUT2D eigenvalue weighted by molar-refractivity contribution is 9.09. The molecule has 0 fully saturated rings. The molecule has 0 spiro atoms. The summed E-state index contributed by atoms with van der Waals surface area (Å²) in [4.78, 5) is 0.355. The van der Waals surface area contributed by atoms with Crippen LogP contribution in [0.2, 0.25) is 0 Å². The highest BCUT2D eigenvalue weighted by Gasteiger charge is 2.18. The molecule has 0 radical (unpaired) electrons. The molecule has 0 aliphatic carbocycles. The lowest BCUT2D eigenvalue weighted by molar-refractivity contribution is 0.405. The summed E-state index contributed by atoms with van der Waals surface area (Å²) in [6, 6.07) is 16.9. The molecule has 0 saturated carbocycles. The Morgan fingerprint density at radius 1 is 1.10 bits per heavy atom. The Bertz CT molecular complexity index is 551. The first-order valence-electron chi connectivity index (χ1n) is 6.94. The van der Waals surface area contributed by atoms with Crippen molar-refractivity contribution < 1.29 is 4.74 Å². The van der Waals surface area contributed by atoms with Crippen molar-refractivity contribution in [3.8, 4) is 5.75 Å². The third-order valence-electron chi connectivity index (χ3n) is 3.60. The van der Waals surface area contributed by atoms with Crippen LogP contribution in [0.15, 0.2) is 48.5 Å². The van der Waals surface area contributed by atoms with E-state index in [0.717, 1.165) is 12.2 Å². The third kappa shape index (κ3) is 3.63. The molecule has 2 rings (SSSR count). The van der Waals surface area contributed by atoms with Crippen LogP contribution in [-0.4, -0.2) is 7.11 Å². The maximum absolute atomic E-state index is 5.47. The summed E-state index contributed by atoms with van der Waals surface area (Å²) in [5, 5.41) is 0. The fourth-order valence-corrected chi connectivity index (χ4v) is 2.97. The molecule has 0 bridgehead atoms. The molecule has 0 heterocycles. The van der Waals surface area contributed by atoms with Gasteiger partial charge < -0.3 is 4.74 Å². The Labute approximate surface area is 130 Å². The first kappa shape index (κ1) is 15.1. The van der Waals surface area contributed by atoms with Gasteiger partial charge in [0.05, 0.1) is 7.11 Å². The number of ether oxygens (including phenoxy) is 1. The molecular formula is C18H21BrO. The van der Waals surface area contributed by atoms with E-state index in [0.29, 0.717) is 10.7 Å². The standard InChI is InChI=1S/C18H21BrO/c1-13-9-10-17(20-3)16(11-13)12-14(2)18(19)15-7-5-4-6-8-15/h4-11,14,18H,12H2,1-3H3. The van der Waals surface area contributed by atoms with Crippen molar-refractivity contribution in [1.29, 1.82) is 0 Å². The number of rotatable bonds is 5. The van der Waals surface area contributed by atoms with Gasteiger partial charge in [-0.3, -0.25) is 0 Å². The van der Waals surface area contributed by atoms with Gasteiger partial charge in [-0.15, -0.1) is 0 Å². The fraction of sp³-hybridized carbons (Fsp3) is 0.333. The predicted octanol–water partition coefficient (Wildman–Crippen LogP) is 5.32. The van der Waals surface area contributed by atoms with Gasteiger partial charge in [-0.1, -0.05) is 70.9 Å². The lowest BCUT2D eigenvalue weighted by atomic mass is 9.93. The molecule has 2 unspecified atom stereocenters. The number of methoxy groups -OCH3 is 1. The van der Waals surface area contributed by atoms with Crippen LogP contribution in [0.5, 0.6) is 5.75 Å². The molecule has 0 N–H and O–H groups in total. The van der Waals surface area contributed by atoms with E-state index in [1.807, 2.05) is 0 Å². The van der Waals surface area contributed by atoms with Crippen molar-refractivity contribution in [3.05, 3.63) is 65.2 Å². The first-order chi connectivity index (χ1) is 9.61. The molecule has 0 amide bonds. The lowest BCUT2D eigenvalue weighted by Gasteiger charge is -2.20. The maximum Gasteiger partial charge on any atom is 0.122 e. The van der Waals surface area contributed by atoms with Crippen LogP contribution in [0.1, 0.15) is 28.4 Å². The lowest BCUT2D eigenvalue weighted by Crippen LogP contribution is -2.08. The van der Waals surface area contributed by atoms with Crippen molar-refractivity contribution in [2.45, 2.75) is 25.1 Å². The predicted molar refractivity (Wildman–Crippen MR) is 88.7 cm³/mol. The molecule has 2 atom stereocenters. The van der Waals surface area contributed by atoms with E-state index in [2.05, 4.69) is 78.3 Å². The Hall–Kier alpha value is -1.28. The van der Waals surface area contributed by atoms with Gasteiger partial charge >= 0.3 is 0 Å². The third-order valence-corrected chi connectivity index (χ3v) is 5.03. The quantitative estimate of drug-likeness (QED) is 0.673. The van der Waals surface area contributed by atoms with Gasteiger partial charge in [0.1, 0.15) is 5.75 Å². The van der Waals surface area contributed by atoms with Crippen molar-refractivity contribution in [3.63, 3.8) is 0 Å². The normalized spacial score (nSPS) is 13.8. The van der Waals surface area contributed by atoms with Gasteiger partial charge in [-0.25, -0.2) is 0 Å². The van der Waals surface area contributed by atoms with E-state index in [1.54, 1.807) is 7.11 Å². The molecule has 20 heavy (non-hydrogen) atoms. The molecule has 2 aromatic carbocycles. The number of aryl methyl sites for hydroxylation is 1. The van der Waals surface area contributed by atoms with E-state index in [9.17, 15) is 0 Å². The molecular weight excluding hydrogens is 312 g/mol. The average molecular weight is 333 g/mol. The summed E-state index contributed by atoms with van der Waals surface area (Å²) < 4.78 is 5.47. The summed E-state index contributed by atoms with van der Waals surface area (Å²) in [5.74, 6) is 1.48. The molecule has 1 nitrogen and oxygen atoms in total. The van der Waals surface area contributed by atoms with Crippen LogP contribution in [0, 0.1) is 12.8 Å². The molecule has 106 valence electrons. The minimum absolute atomic E-state index is 0.355. The van der Waals surface area contributed by atoms with Gasteiger partial charge in [0.25, 0.3) is 0 Å². The second-order valence-corrected chi connectivity index (χ2v) is 6.30. The minimum atomic E-state index is 0.355. The summed E-state index contributed by atoms with van der Waals surface area (Å²) in [6.07, 6.45) is 0.996. The van der Waals surface area contributed by atoms with Crippen molar-refractivity contribution in [2.75, 3.05) is 7.11 Å². The monoisotopic (exact) mass is 332 g/mol. The molecule has 0 aliphatic rings. The van der Waals surface area contributed by atoms with Crippen molar-refractivity contribution >= 4 is 15.9 Å². The second kappa shape index (κ2) is 6.94. The first-order valence-corrected chi connectivity index (χ1v) is 7.86. The fourth-order valence-electron chi connectivity index (χ4n) is 2.48. The van der Waals surface area contributed by atoms with Crippen LogP contribution in [0.25, 0.3) is 0 Å². The zero-order chi connectivity index (χ0) is 14.5. The molecule has 2 aromatic rings. The van der Waals surface area contributed by atoms with E-state index >= 15 is 0 Å². The van der Waals surface area contributed by atoms with Gasteiger partial charge in [0.15, 0.2) is 0 Å². The number of alkyl halides is 1. The maximum atomic E-state index is 5.47. The largest absolute Gasteiger partial charge is 0.496 e. The van der Waals surface area contributed by atoms with Crippen LogP contribution >= 0.6 is 15.9 Å². The highest BCUT2D eigenvalue weighted by Crippen LogP contribution is 2.34. The van der Waals surface area contributed by atoms with Gasteiger partial charge in [0.2, 0.25) is 0 Å². The molecule has 0 aromatic heterocycles. The highest BCUT2D eigenvalue weighted by atomic mass is 79.9. The zero-order valence-corrected chi connectivity index (χ0v) is 13.9. The minimum Gasteiger partial charge on any atom is -0.496 e. The Morgan fingerprint density at radius 2 is 1.80 bits per heavy atom. The van der Waals surface area contributed by atoms with Gasteiger partial charge in [-0.05, 0) is 36.5 Å². The van der Waals surface area contributed by atoms with Gasteiger partial charge in [0, 0.05) is 4.83 Å². The Balaban J connectivity index is 2.15. The van der Waals surface area contributed by atoms with E-state index in [-0.39, 0.29) is 0 Å². The topological polar surface area (TPSA) is 9.23 Å². The number of halogens is 1. The summed E-state index contributed by atoms with van der Waals surface area (Å²) >= 11 is 3.83. The van der Waals surface area contributed by atoms with Gasteiger partial charge in [-0.2, -0.15) is 0 Å². The van der Waals surface area contributed by atoms with Crippen LogP contribution in [0.3, 0.4) is 0 Å². The second-order valence-electron chi connectivity index (χ2n) is 5.31. The Kier molecular flexibility index (Phi) is 5.24. The van der Waals surface area contributed by atoms with Crippen LogP contribution < -0.4 is 4.74 Å². The zero-order valence-electron chi connectivity index (χ0n) is 12.3. The number of hydrogen-bond donors (Lipinski definition) is 0. The average Bonchev–Trinajstić information content (AvgIpc) is 2.47. The number of benzene rings is 2. The van der Waals surface area contributed by atoms with E-state index < -0.39 is 0 Å². The summed E-state index contributed by atoms with van der Waals surface area (Å²) in [6.45, 7) is 4.39. The van der Waals surface area contributed by atoms with E-state index in [4.69, 9.17) is 4.74 Å².